The van der Waals surface area contributed by atoms with Crippen molar-refractivity contribution in [3.05, 3.63) is 41.6 Å². The van der Waals surface area contributed by atoms with Crippen LogP contribution in [0, 0.1) is 5.92 Å². The quantitative estimate of drug-likeness (QED) is 0.455. The summed E-state index contributed by atoms with van der Waals surface area (Å²) in [6, 6.07) is 11.7. The summed E-state index contributed by atoms with van der Waals surface area (Å²) in [7, 11) is 1.75. The molecule has 5 nitrogen and oxygen atoms in total. The van der Waals surface area contributed by atoms with E-state index in [0.717, 1.165) is 61.1 Å². The second-order valence-corrected chi connectivity index (χ2v) is 9.00. The first-order valence-electron chi connectivity index (χ1n) is 11.2. The first kappa shape index (κ1) is 21.4. The predicted molar refractivity (Wildman–Crippen MR) is 125 cm³/mol. The highest BCUT2D eigenvalue weighted by molar-refractivity contribution is 6.33. The van der Waals surface area contributed by atoms with Gasteiger partial charge in [0.1, 0.15) is 5.82 Å². The number of pyridine rings is 1. The van der Waals surface area contributed by atoms with Gasteiger partial charge in [0.15, 0.2) is 0 Å². The van der Waals surface area contributed by atoms with E-state index in [0.29, 0.717) is 17.1 Å². The molecule has 0 spiro atoms. The van der Waals surface area contributed by atoms with Crippen molar-refractivity contribution < 1.29 is 4.74 Å². The molecule has 2 aliphatic rings. The predicted octanol–water partition coefficient (Wildman–Crippen LogP) is 5.18. The number of rotatable bonds is 10. The van der Waals surface area contributed by atoms with Gasteiger partial charge >= 0.3 is 0 Å². The summed E-state index contributed by atoms with van der Waals surface area (Å²) >= 11 is 6.51. The molecule has 2 saturated carbocycles. The Balaban J connectivity index is 1.36. The number of ether oxygens (including phenoxy) is 1. The Morgan fingerprint density at radius 2 is 1.87 bits per heavy atom. The van der Waals surface area contributed by atoms with Gasteiger partial charge < -0.3 is 20.7 Å². The Labute approximate surface area is 185 Å². The lowest BCUT2D eigenvalue weighted by Gasteiger charge is -2.30. The summed E-state index contributed by atoms with van der Waals surface area (Å²) in [4.78, 5) is 4.54. The number of hydrogen-bond donors (Lipinski definition) is 3. The molecule has 2 aromatic rings. The fourth-order valence-corrected chi connectivity index (χ4v) is 4.35. The van der Waals surface area contributed by atoms with Gasteiger partial charge in [-0.2, -0.15) is 0 Å². The molecule has 30 heavy (non-hydrogen) atoms. The van der Waals surface area contributed by atoms with E-state index in [-0.39, 0.29) is 0 Å². The smallest absolute Gasteiger partial charge is 0.126 e. The molecule has 0 atom stereocenters. The van der Waals surface area contributed by atoms with E-state index in [2.05, 4.69) is 51.3 Å². The highest BCUT2D eigenvalue weighted by Gasteiger charge is 2.22. The largest absolute Gasteiger partial charge is 0.385 e. The first-order chi connectivity index (χ1) is 14.7. The van der Waals surface area contributed by atoms with Crippen molar-refractivity contribution in [1.82, 2.24) is 10.3 Å². The summed E-state index contributed by atoms with van der Waals surface area (Å²) in [6.07, 6.45) is 9.11. The molecule has 1 heterocycles. The van der Waals surface area contributed by atoms with E-state index in [1.165, 1.54) is 25.7 Å². The molecule has 0 amide bonds. The third-order valence-corrected chi connectivity index (χ3v) is 6.44. The van der Waals surface area contributed by atoms with Crippen molar-refractivity contribution in [1.29, 1.82) is 0 Å². The van der Waals surface area contributed by atoms with Crippen LogP contribution in [0.3, 0.4) is 0 Å². The van der Waals surface area contributed by atoms with Gasteiger partial charge in [-0.05, 0) is 68.2 Å². The molecule has 2 aliphatic carbocycles. The maximum Gasteiger partial charge on any atom is 0.126 e. The number of halogens is 1. The maximum absolute atomic E-state index is 6.51. The molecule has 1 aromatic carbocycles. The third-order valence-electron chi connectivity index (χ3n) is 6.14. The van der Waals surface area contributed by atoms with Crippen LogP contribution in [-0.4, -0.2) is 43.9 Å². The van der Waals surface area contributed by atoms with Gasteiger partial charge in [-0.25, -0.2) is 4.98 Å². The minimum Gasteiger partial charge on any atom is -0.385 e. The monoisotopic (exact) mass is 428 g/mol. The highest BCUT2D eigenvalue weighted by atomic mass is 35.5. The molecule has 3 N–H and O–H groups in total. The lowest BCUT2D eigenvalue weighted by Crippen LogP contribution is -2.38. The van der Waals surface area contributed by atoms with Crippen molar-refractivity contribution in [3.63, 3.8) is 0 Å². The summed E-state index contributed by atoms with van der Waals surface area (Å²) in [5.74, 6) is 1.75. The second-order valence-electron chi connectivity index (χ2n) is 8.59. The summed E-state index contributed by atoms with van der Waals surface area (Å²) < 4.78 is 5.13. The number of hydrogen-bond acceptors (Lipinski definition) is 5. The standard InChI is InChI=1S/C24H33ClN4O/c1-30-12-11-26-19-7-9-20(10-8-19)29-24-14-22(23(25)16-28-24)18-3-2-4-21(13-18)27-15-17-5-6-17/h2-4,13-14,16-17,19-20,26-27H,5-12,15H2,1H3,(H,28,29)/t19-,20-. The molecule has 0 bridgehead atoms. The Hall–Kier alpha value is -1.82. The lowest BCUT2D eigenvalue weighted by molar-refractivity contribution is 0.191. The maximum atomic E-state index is 6.51. The van der Waals surface area contributed by atoms with Gasteiger partial charge in [0.25, 0.3) is 0 Å². The van der Waals surface area contributed by atoms with Gasteiger partial charge in [0.05, 0.1) is 11.6 Å². The van der Waals surface area contributed by atoms with E-state index in [1.807, 2.05) is 0 Å². The average molecular weight is 429 g/mol. The second kappa shape index (κ2) is 10.5. The Kier molecular flexibility index (Phi) is 7.47. The normalized spacial score (nSPS) is 21.4. The molecular formula is C24H33ClN4O. The number of nitrogens with one attached hydrogen (secondary N) is 3. The van der Waals surface area contributed by atoms with E-state index in [4.69, 9.17) is 16.3 Å². The first-order valence-corrected chi connectivity index (χ1v) is 11.6. The van der Waals surface area contributed by atoms with Crippen LogP contribution < -0.4 is 16.0 Å². The fraction of sp³-hybridized carbons (Fsp3) is 0.542. The highest BCUT2D eigenvalue weighted by Crippen LogP contribution is 2.33. The van der Waals surface area contributed by atoms with Crippen molar-refractivity contribution in [3.8, 4) is 11.1 Å². The number of benzene rings is 1. The molecule has 0 radical (unpaired) electrons. The van der Waals surface area contributed by atoms with Crippen molar-refractivity contribution in [2.45, 2.75) is 50.6 Å². The zero-order valence-electron chi connectivity index (χ0n) is 17.8. The molecule has 0 saturated heterocycles. The molecule has 0 unspecified atom stereocenters. The van der Waals surface area contributed by atoms with E-state index in [1.54, 1.807) is 13.3 Å². The summed E-state index contributed by atoms with van der Waals surface area (Å²) in [6.45, 7) is 2.76. The fourth-order valence-electron chi connectivity index (χ4n) is 4.14. The topological polar surface area (TPSA) is 58.2 Å². The van der Waals surface area contributed by atoms with Gasteiger partial charge in [0, 0.05) is 49.7 Å². The van der Waals surface area contributed by atoms with Crippen LogP contribution in [0.15, 0.2) is 36.5 Å². The number of aromatic nitrogens is 1. The molecule has 6 heteroatoms. The van der Waals surface area contributed by atoms with Crippen molar-refractivity contribution in [2.75, 3.05) is 37.4 Å². The third kappa shape index (κ3) is 6.10. The summed E-state index contributed by atoms with van der Waals surface area (Å²) in [5, 5.41) is 11.4. The van der Waals surface area contributed by atoms with Crippen molar-refractivity contribution >= 4 is 23.1 Å². The average Bonchev–Trinajstić information content (AvgIpc) is 3.60. The van der Waals surface area contributed by atoms with Crippen LogP contribution in [0.5, 0.6) is 0 Å². The van der Waals surface area contributed by atoms with Crippen molar-refractivity contribution in [2.24, 2.45) is 5.92 Å². The van der Waals surface area contributed by atoms with E-state index < -0.39 is 0 Å². The Bertz CT molecular complexity index is 819. The zero-order valence-corrected chi connectivity index (χ0v) is 18.5. The van der Waals surface area contributed by atoms with Crippen LogP contribution in [0.4, 0.5) is 11.5 Å². The number of nitrogens with zero attached hydrogens (tertiary/aromatic N) is 1. The summed E-state index contributed by atoms with van der Waals surface area (Å²) in [5.41, 5.74) is 3.30. The van der Waals surface area contributed by atoms with Gasteiger partial charge in [-0.3, -0.25) is 0 Å². The Morgan fingerprint density at radius 3 is 2.63 bits per heavy atom. The zero-order chi connectivity index (χ0) is 20.8. The van der Waals surface area contributed by atoms with Crippen LogP contribution >= 0.6 is 11.6 Å². The van der Waals surface area contributed by atoms with Crippen LogP contribution in [0.2, 0.25) is 5.02 Å². The van der Waals surface area contributed by atoms with Gasteiger partial charge in [-0.15, -0.1) is 0 Å². The molecule has 162 valence electrons. The molecule has 4 rings (SSSR count). The lowest BCUT2D eigenvalue weighted by atomic mass is 9.91. The number of methoxy groups -OCH3 is 1. The molecule has 0 aliphatic heterocycles. The SMILES string of the molecule is COCCN[C@H]1CC[C@H](Nc2cc(-c3cccc(NCC4CC4)c3)c(Cl)cn2)CC1. The molecular weight excluding hydrogens is 396 g/mol. The van der Waals surface area contributed by atoms with E-state index in [9.17, 15) is 0 Å². The van der Waals surface area contributed by atoms with Crippen LogP contribution in [0.1, 0.15) is 38.5 Å². The molecule has 1 aromatic heterocycles. The molecule has 2 fully saturated rings. The minimum absolute atomic E-state index is 0.457. The van der Waals surface area contributed by atoms with Gasteiger partial charge in [0.2, 0.25) is 0 Å². The van der Waals surface area contributed by atoms with Gasteiger partial charge in [-0.1, -0.05) is 23.7 Å². The minimum atomic E-state index is 0.457. The van der Waals surface area contributed by atoms with E-state index >= 15 is 0 Å². The Morgan fingerprint density at radius 1 is 1.07 bits per heavy atom. The van der Waals surface area contributed by atoms with Crippen LogP contribution in [-0.2, 0) is 4.74 Å². The number of anilines is 2. The van der Waals surface area contributed by atoms with Crippen LogP contribution in [0.25, 0.3) is 11.1 Å².